The topological polar surface area (TPSA) is 67.1 Å². The molecule has 0 aliphatic rings. The van der Waals surface area contributed by atoms with E-state index in [4.69, 9.17) is 40.6 Å². The van der Waals surface area contributed by atoms with Crippen molar-refractivity contribution in [1.82, 2.24) is 0 Å². The number of anilines is 2. The minimum atomic E-state index is -0.648. The lowest BCUT2D eigenvalue weighted by atomic mass is 10.1. The van der Waals surface area contributed by atoms with Crippen LogP contribution >= 0.6 is 34.8 Å². The Morgan fingerprint density at radius 1 is 1.10 bits per heavy atom. The van der Waals surface area contributed by atoms with Gasteiger partial charge in [0.05, 0.1) is 32.0 Å². The zero-order chi connectivity index (χ0) is 15.6. The molecule has 0 spiro atoms. The van der Waals surface area contributed by atoms with Gasteiger partial charge in [-0.2, -0.15) is 0 Å². The van der Waals surface area contributed by atoms with Crippen molar-refractivity contribution in [1.29, 1.82) is 0 Å². The van der Waals surface area contributed by atoms with Crippen molar-refractivity contribution < 1.29 is 9.18 Å². The maximum atomic E-state index is 13.6. The Kier molecular flexibility index (Phi) is 4.90. The quantitative estimate of drug-likeness (QED) is 0.439. The van der Waals surface area contributed by atoms with E-state index in [1.54, 1.807) is 0 Å². The van der Waals surface area contributed by atoms with Gasteiger partial charge in [0.15, 0.2) is 0 Å². The number of carbonyl (C=O) groups excluding carboxylic acids is 1. The van der Waals surface area contributed by atoms with E-state index >= 15 is 0 Å². The molecule has 0 saturated carbocycles. The van der Waals surface area contributed by atoms with Crippen LogP contribution in [-0.2, 0) is 0 Å². The lowest BCUT2D eigenvalue weighted by molar-refractivity contribution is 0.102. The second kappa shape index (κ2) is 6.49. The minimum absolute atomic E-state index is 0.0274. The molecule has 0 aliphatic heterocycles. The van der Waals surface area contributed by atoms with E-state index in [1.165, 1.54) is 30.3 Å². The van der Waals surface area contributed by atoms with Crippen LogP contribution in [0.15, 0.2) is 30.3 Å². The molecule has 1 amide bonds. The second-order valence-corrected chi connectivity index (χ2v) is 5.23. The van der Waals surface area contributed by atoms with Gasteiger partial charge in [-0.1, -0.05) is 40.9 Å². The van der Waals surface area contributed by atoms with Gasteiger partial charge >= 0.3 is 0 Å². The standard InChI is InChI=1S/C13H9Cl3FN3O/c14-7-4-9(16)11(5-8(7)15)19-13(21)6-2-1-3-10(17)12(6)20-18/h1-5,20H,18H2,(H,19,21). The number of hydrogen-bond acceptors (Lipinski definition) is 3. The third-order valence-corrected chi connectivity index (χ3v) is 3.70. The summed E-state index contributed by atoms with van der Waals surface area (Å²) >= 11 is 17.6. The van der Waals surface area contributed by atoms with E-state index < -0.39 is 11.7 Å². The van der Waals surface area contributed by atoms with Crippen LogP contribution in [-0.4, -0.2) is 5.91 Å². The normalized spacial score (nSPS) is 10.3. The molecule has 0 bridgehead atoms. The predicted molar refractivity (Wildman–Crippen MR) is 83.6 cm³/mol. The van der Waals surface area contributed by atoms with Gasteiger partial charge in [-0.3, -0.25) is 10.6 Å². The Hall–Kier alpha value is -1.53. The molecule has 110 valence electrons. The summed E-state index contributed by atoms with van der Waals surface area (Å²) in [5.74, 6) is 3.98. The Balaban J connectivity index is 2.35. The van der Waals surface area contributed by atoms with Crippen molar-refractivity contribution in [3.63, 3.8) is 0 Å². The summed E-state index contributed by atoms with van der Waals surface area (Å²) in [5, 5.41) is 3.21. The zero-order valence-corrected chi connectivity index (χ0v) is 12.7. The Labute approximate surface area is 135 Å². The van der Waals surface area contributed by atoms with Gasteiger partial charge in [0.2, 0.25) is 0 Å². The number of halogens is 4. The maximum absolute atomic E-state index is 13.6. The largest absolute Gasteiger partial charge is 0.321 e. The second-order valence-electron chi connectivity index (χ2n) is 4.01. The molecule has 2 rings (SSSR count). The van der Waals surface area contributed by atoms with Crippen LogP contribution in [0.2, 0.25) is 15.1 Å². The molecule has 0 fully saturated rings. The number of carbonyl (C=O) groups is 1. The molecule has 0 aliphatic carbocycles. The summed E-state index contributed by atoms with van der Waals surface area (Å²) in [6.45, 7) is 0. The van der Waals surface area contributed by atoms with Crippen LogP contribution in [0.3, 0.4) is 0 Å². The summed E-state index contributed by atoms with van der Waals surface area (Å²) in [4.78, 5) is 12.2. The summed E-state index contributed by atoms with van der Waals surface area (Å²) in [7, 11) is 0. The van der Waals surface area contributed by atoms with Gasteiger partial charge in [0.25, 0.3) is 5.91 Å². The fourth-order valence-electron chi connectivity index (χ4n) is 1.67. The summed E-state index contributed by atoms with van der Waals surface area (Å²) < 4.78 is 13.6. The number of hydrogen-bond donors (Lipinski definition) is 3. The molecule has 21 heavy (non-hydrogen) atoms. The third-order valence-electron chi connectivity index (χ3n) is 2.66. The zero-order valence-electron chi connectivity index (χ0n) is 10.4. The first-order valence-corrected chi connectivity index (χ1v) is 6.78. The number of benzene rings is 2. The third kappa shape index (κ3) is 3.39. The van der Waals surface area contributed by atoms with Crippen molar-refractivity contribution in [2.45, 2.75) is 0 Å². The first-order valence-electron chi connectivity index (χ1n) is 5.65. The number of nitrogens with two attached hydrogens (primary N) is 1. The van der Waals surface area contributed by atoms with E-state index in [0.717, 1.165) is 0 Å². The molecule has 2 aromatic rings. The number of amides is 1. The molecule has 0 heterocycles. The molecule has 4 N–H and O–H groups in total. The smallest absolute Gasteiger partial charge is 0.257 e. The fourth-order valence-corrected chi connectivity index (χ4v) is 2.26. The number of rotatable bonds is 3. The van der Waals surface area contributed by atoms with E-state index in [2.05, 4.69) is 10.7 Å². The lowest BCUT2D eigenvalue weighted by Gasteiger charge is -2.12. The molecule has 0 saturated heterocycles. The molecular weight excluding hydrogens is 340 g/mol. The maximum Gasteiger partial charge on any atom is 0.257 e. The van der Waals surface area contributed by atoms with E-state index in [1.807, 2.05) is 0 Å². The molecule has 4 nitrogen and oxygen atoms in total. The highest BCUT2D eigenvalue weighted by atomic mass is 35.5. The van der Waals surface area contributed by atoms with Crippen LogP contribution in [0, 0.1) is 5.82 Å². The molecule has 0 unspecified atom stereocenters. The van der Waals surface area contributed by atoms with Crippen molar-refractivity contribution in [2.75, 3.05) is 10.7 Å². The monoisotopic (exact) mass is 347 g/mol. The van der Waals surface area contributed by atoms with Crippen LogP contribution in [0.1, 0.15) is 10.4 Å². The van der Waals surface area contributed by atoms with Gasteiger partial charge in [-0.05, 0) is 24.3 Å². The summed E-state index contributed by atoms with van der Waals surface area (Å²) in [6, 6.07) is 6.78. The predicted octanol–water partition coefficient (Wildman–Crippen LogP) is 4.32. The number of nitrogen functional groups attached to an aromatic ring is 1. The average molecular weight is 349 g/mol. The molecule has 2 aromatic carbocycles. The van der Waals surface area contributed by atoms with Crippen LogP contribution in [0.5, 0.6) is 0 Å². The first kappa shape index (κ1) is 15.9. The highest BCUT2D eigenvalue weighted by Crippen LogP contribution is 2.32. The van der Waals surface area contributed by atoms with Crippen molar-refractivity contribution in [2.24, 2.45) is 5.84 Å². The fraction of sp³-hybridized carbons (Fsp3) is 0. The summed E-state index contributed by atoms with van der Waals surface area (Å²) in [5.41, 5.74) is 2.31. The van der Waals surface area contributed by atoms with E-state index in [9.17, 15) is 9.18 Å². The van der Waals surface area contributed by atoms with Gasteiger partial charge in [0, 0.05) is 0 Å². The van der Waals surface area contributed by atoms with Gasteiger partial charge < -0.3 is 10.7 Å². The van der Waals surface area contributed by atoms with Gasteiger partial charge in [-0.25, -0.2) is 4.39 Å². The molecule has 0 radical (unpaired) electrons. The lowest BCUT2D eigenvalue weighted by Crippen LogP contribution is -2.18. The van der Waals surface area contributed by atoms with Gasteiger partial charge in [-0.15, -0.1) is 0 Å². The van der Waals surface area contributed by atoms with Crippen LogP contribution in [0.4, 0.5) is 15.8 Å². The molecule has 8 heteroatoms. The highest BCUT2D eigenvalue weighted by molar-refractivity contribution is 6.44. The molecular formula is C13H9Cl3FN3O. The van der Waals surface area contributed by atoms with Crippen molar-refractivity contribution in [3.05, 3.63) is 56.8 Å². The van der Waals surface area contributed by atoms with Crippen molar-refractivity contribution >= 4 is 52.1 Å². The average Bonchev–Trinajstić information content (AvgIpc) is 2.44. The number of para-hydroxylation sites is 1. The highest BCUT2D eigenvalue weighted by Gasteiger charge is 2.16. The number of hydrazine groups is 1. The SMILES string of the molecule is NNc1c(F)cccc1C(=O)Nc1cc(Cl)c(Cl)cc1Cl. The van der Waals surface area contributed by atoms with Crippen LogP contribution < -0.4 is 16.6 Å². The Bertz CT molecular complexity index is 709. The van der Waals surface area contributed by atoms with E-state index in [-0.39, 0.29) is 32.0 Å². The van der Waals surface area contributed by atoms with Crippen LogP contribution in [0.25, 0.3) is 0 Å². The number of nitrogens with one attached hydrogen (secondary N) is 2. The van der Waals surface area contributed by atoms with Gasteiger partial charge in [0.1, 0.15) is 5.82 Å². The Morgan fingerprint density at radius 2 is 1.76 bits per heavy atom. The Morgan fingerprint density at radius 3 is 2.43 bits per heavy atom. The summed E-state index contributed by atoms with van der Waals surface area (Å²) in [6.07, 6.45) is 0. The molecule has 0 aromatic heterocycles. The first-order chi connectivity index (χ1) is 9.93. The molecule has 0 atom stereocenters. The van der Waals surface area contributed by atoms with Crippen molar-refractivity contribution in [3.8, 4) is 0 Å². The minimum Gasteiger partial charge on any atom is -0.321 e. The van der Waals surface area contributed by atoms with E-state index in [0.29, 0.717) is 0 Å².